The summed E-state index contributed by atoms with van der Waals surface area (Å²) in [5, 5.41) is 3.67. The van der Waals surface area contributed by atoms with Gasteiger partial charge >= 0.3 is 0 Å². The molecule has 1 N–H and O–H groups in total. The van der Waals surface area contributed by atoms with Crippen LogP contribution in [0, 0.1) is 6.92 Å². The molecule has 1 atom stereocenters. The van der Waals surface area contributed by atoms with Crippen molar-refractivity contribution in [1.82, 2.24) is 10.2 Å². The van der Waals surface area contributed by atoms with Crippen LogP contribution < -0.4 is 10.1 Å². The van der Waals surface area contributed by atoms with Crippen LogP contribution in [0.2, 0.25) is 5.02 Å². The van der Waals surface area contributed by atoms with Gasteiger partial charge in [-0.1, -0.05) is 71.8 Å². The zero-order valence-corrected chi connectivity index (χ0v) is 22.0. The molecule has 5 nitrogen and oxygen atoms in total. The maximum Gasteiger partial charge on any atom is 0.243 e. The molecule has 0 radical (unpaired) electrons. The van der Waals surface area contributed by atoms with Crippen molar-refractivity contribution >= 4 is 23.4 Å². The van der Waals surface area contributed by atoms with Crippen molar-refractivity contribution in [1.29, 1.82) is 0 Å². The highest BCUT2D eigenvalue weighted by Crippen LogP contribution is 2.19. The molecule has 2 amide bonds. The number of hydrogen-bond donors (Lipinski definition) is 1. The quantitative estimate of drug-likeness (QED) is 0.308. The molecule has 0 aliphatic carbocycles. The van der Waals surface area contributed by atoms with Gasteiger partial charge in [-0.15, -0.1) is 0 Å². The second kappa shape index (κ2) is 13.7. The number of halogens is 1. The van der Waals surface area contributed by atoms with Crippen LogP contribution in [-0.2, 0) is 22.6 Å². The lowest BCUT2D eigenvalue weighted by Gasteiger charge is -2.32. The minimum absolute atomic E-state index is 0.0283. The van der Waals surface area contributed by atoms with Gasteiger partial charge < -0.3 is 15.0 Å². The van der Waals surface area contributed by atoms with E-state index in [9.17, 15) is 9.59 Å². The maximum absolute atomic E-state index is 13.6. The Bertz CT molecular complexity index is 1120. The number of ether oxygens (including phenoxy) is 1. The molecule has 3 aromatic rings. The Balaban J connectivity index is 1.78. The molecule has 0 fully saturated rings. The van der Waals surface area contributed by atoms with E-state index in [1.54, 1.807) is 29.2 Å². The normalized spacial score (nSPS) is 11.7. The van der Waals surface area contributed by atoms with Gasteiger partial charge in [0.1, 0.15) is 11.8 Å². The molecule has 0 bridgehead atoms. The maximum atomic E-state index is 13.6. The molecule has 190 valence electrons. The summed E-state index contributed by atoms with van der Waals surface area (Å²) in [4.78, 5) is 28.7. The first kappa shape index (κ1) is 27.3. The average Bonchev–Trinajstić information content (AvgIpc) is 2.85. The Hall–Kier alpha value is -3.31. The third-order valence-electron chi connectivity index (χ3n) is 5.75. The van der Waals surface area contributed by atoms with Crippen LogP contribution >= 0.6 is 11.6 Å². The second-order valence-corrected chi connectivity index (χ2v) is 9.72. The van der Waals surface area contributed by atoms with Crippen molar-refractivity contribution in [3.8, 4) is 5.75 Å². The van der Waals surface area contributed by atoms with E-state index in [1.807, 2.05) is 69.3 Å². The number of benzene rings is 3. The van der Waals surface area contributed by atoms with Gasteiger partial charge in [-0.2, -0.15) is 0 Å². The van der Waals surface area contributed by atoms with E-state index < -0.39 is 6.04 Å². The van der Waals surface area contributed by atoms with Crippen molar-refractivity contribution in [2.75, 3.05) is 6.61 Å². The van der Waals surface area contributed by atoms with E-state index in [-0.39, 0.29) is 24.3 Å². The largest absolute Gasteiger partial charge is 0.494 e. The fourth-order valence-electron chi connectivity index (χ4n) is 4.03. The molecule has 0 saturated heterocycles. The predicted octanol–water partition coefficient (Wildman–Crippen LogP) is 5.97. The van der Waals surface area contributed by atoms with Crippen LogP contribution in [0.1, 0.15) is 43.4 Å². The molecule has 3 rings (SSSR count). The van der Waals surface area contributed by atoms with Crippen LogP contribution in [0.3, 0.4) is 0 Å². The molecule has 0 aromatic heterocycles. The Morgan fingerprint density at radius 2 is 1.64 bits per heavy atom. The van der Waals surface area contributed by atoms with Crippen LogP contribution in [0.25, 0.3) is 0 Å². The SMILES string of the molecule is Cc1cccc(CN(C(=O)CCCOc2ccc(Cl)cc2)[C@H](Cc2ccccc2)C(=O)NC(C)C)c1. The Morgan fingerprint density at radius 3 is 2.31 bits per heavy atom. The van der Waals surface area contributed by atoms with E-state index in [0.29, 0.717) is 36.8 Å². The summed E-state index contributed by atoms with van der Waals surface area (Å²) >= 11 is 5.93. The third kappa shape index (κ3) is 8.72. The summed E-state index contributed by atoms with van der Waals surface area (Å²) in [6.07, 6.45) is 1.26. The average molecular weight is 507 g/mol. The lowest BCUT2D eigenvalue weighted by molar-refractivity contribution is -0.141. The molecule has 0 unspecified atom stereocenters. The number of amides is 2. The molecule has 0 heterocycles. The zero-order valence-electron chi connectivity index (χ0n) is 21.2. The standard InChI is InChI=1S/C30H35ClN2O3/c1-22(2)32-30(35)28(20-24-10-5-4-6-11-24)33(21-25-12-7-9-23(3)19-25)29(34)13-8-18-36-27-16-14-26(31)15-17-27/h4-7,9-12,14-17,19,22,28H,8,13,18,20-21H2,1-3H3,(H,32,35)/t28-/m1/s1. The fourth-order valence-corrected chi connectivity index (χ4v) is 4.16. The number of nitrogens with zero attached hydrogens (tertiary/aromatic N) is 1. The number of carbonyl (C=O) groups is 2. The highest BCUT2D eigenvalue weighted by Gasteiger charge is 2.30. The molecule has 36 heavy (non-hydrogen) atoms. The highest BCUT2D eigenvalue weighted by atomic mass is 35.5. The minimum Gasteiger partial charge on any atom is -0.494 e. The van der Waals surface area contributed by atoms with Gasteiger partial charge in [0, 0.05) is 30.5 Å². The van der Waals surface area contributed by atoms with Crippen molar-refractivity contribution in [3.63, 3.8) is 0 Å². The summed E-state index contributed by atoms with van der Waals surface area (Å²) in [5.41, 5.74) is 3.12. The summed E-state index contributed by atoms with van der Waals surface area (Å²) in [6.45, 7) is 6.64. The topological polar surface area (TPSA) is 58.6 Å². The number of aryl methyl sites for hydroxylation is 1. The van der Waals surface area contributed by atoms with E-state index >= 15 is 0 Å². The van der Waals surface area contributed by atoms with E-state index in [1.165, 1.54) is 0 Å². The van der Waals surface area contributed by atoms with Gasteiger partial charge in [-0.25, -0.2) is 0 Å². The molecule has 0 aliphatic rings. The molecular formula is C30H35ClN2O3. The Labute approximate surface area is 219 Å². The highest BCUT2D eigenvalue weighted by molar-refractivity contribution is 6.30. The minimum atomic E-state index is -0.625. The van der Waals surface area contributed by atoms with Crippen molar-refractivity contribution in [3.05, 3.63) is 101 Å². The van der Waals surface area contributed by atoms with Gasteiger partial charge in [0.05, 0.1) is 6.61 Å². The van der Waals surface area contributed by atoms with E-state index in [4.69, 9.17) is 16.3 Å². The number of rotatable bonds is 12. The number of nitrogens with one attached hydrogen (secondary N) is 1. The van der Waals surface area contributed by atoms with Gasteiger partial charge in [0.2, 0.25) is 11.8 Å². The second-order valence-electron chi connectivity index (χ2n) is 9.29. The molecule has 0 saturated carbocycles. The van der Waals surface area contributed by atoms with Crippen LogP contribution in [-0.4, -0.2) is 35.4 Å². The molecular weight excluding hydrogens is 472 g/mol. The number of hydrogen-bond acceptors (Lipinski definition) is 3. The van der Waals surface area contributed by atoms with Gasteiger partial charge in [0.15, 0.2) is 0 Å². The smallest absolute Gasteiger partial charge is 0.243 e. The van der Waals surface area contributed by atoms with Crippen LogP contribution in [0.15, 0.2) is 78.9 Å². The van der Waals surface area contributed by atoms with Crippen molar-refractivity contribution in [2.24, 2.45) is 0 Å². The lowest BCUT2D eigenvalue weighted by Crippen LogP contribution is -2.51. The van der Waals surface area contributed by atoms with Crippen molar-refractivity contribution < 1.29 is 14.3 Å². The van der Waals surface area contributed by atoms with Gasteiger partial charge in [-0.05, 0) is 62.6 Å². The van der Waals surface area contributed by atoms with E-state index in [0.717, 1.165) is 16.7 Å². The predicted molar refractivity (Wildman–Crippen MR) is 145 cm³/mol. The van der Waals surface area contributed by atoms with Gasteiger partial charge in [0.25, 0.3) is 0 Å². The first-order valence-corrected chi connectivity index (χ1v) is 12.8. The first-order valence-electron chi connectivity index (χ1n) is 12.4. The summed E-state index contributed by atoms with van der Waals surface area (Å²) in [5.74, 6) is 0.491. The van der Waals surface area contributed by atoms with E-state index in [2.05, 4.69) is 11.4 Å². The number of carbonyl (C=O) groups excluding carboxylic acids is 2. The zero-order chi connectivity index (χ0) is 25.9. The fraction of sp³-hybridized carbons (Fsp3) is 0.333. The third-order valence-corrected chi connectivity index (χ3v) is 6.01. The Morgan fingerprint density at radius 1 is 0.944 bits per heavy atom. The molecule has 0 aliphatic heterocycles. The van der Waals surface area contributed by atoms with Crippen LogP contribution in [0.4, 0.5) is 0 Å². The Kier molecular flexibility index (Phi) is 10.4. The molecule has 0 spiro atoms. The van der Waals surface area contributed by atoms with Crippen LogP contribution in [0.5, 0.6) is 5.75 Å². The first-order chi connectivity index (χ1) is 17.3. The summed E-state index contributed by atoms with van der Waals surface area (Å²) < 4.78 is 5.77. The van der Waals surface area contributed by atoms with Crippen molar-refractivity contribution in [2.45, 2.75) is 58.7 Å². The molecule has 6 heteroatoms. The van der Waals surface area contributed by atoms with Gasteiger partial charge in [-0.3, -0.25) is 9.59 Å². The monoisotopic (exact) mass is 506 g/mol. The lowest BCUT2D eigenvalue weighted by atomic mass is 10.0. The summed E-state index contributed by atoms with van der Waals surface area (Å²) in [6, 6.07) is 24.4. The molecule has 3 aromatic carbocycles. The summed E-state index contributed by atoms with van der Waals surface area (Å²) in [7, 11) is 0.